The van der Waals surface area contributed by atoms with E-state index >= 15 is 0 Å². The average molecular weight is 588 g/mol. The van der Waals surface area contributed by atoms with Gasteiger partial charge in [-0.15, -0.1) is 0 Å². The van der Waals surface area contributed by atoms with Crippen LogP contribution in [0.2, 0.25) is 0 Å². The van der Waals surface area contributed by atoms with E-state index in [2.05, 4.69) is 24.3 Å². The van der Waals surface area contributed by atoms with Gasteiger partial charge in [0.05, 0.1) is 17.9 Å². The molecule has 0 radical (unpaired) electrons. The molecule has 1 fully saturated rings. The molecule has 1 aliphatic carbocycles. The van der Waals surface area contributed by atoms with Crippen LogP contribution in [-0.4, -0.2) is 17.9 Å². The summed E-state index contributed by atoms with van der Waals surface area (Å²) in [4.78, 5) is 30.3. The van der Waals surface area contributed by atoms with Crippen LogP contribution in [0.25, 0.3) is 0 Å². The van der Waals surface area contributed by atoms with Gasteiger partial charge in [-0.3, -0.25) is 0 Å². The molecule has 192 valence electrons. The van der Waals surface area contributed by atoms with E-state index in [-0.39, 0.29) is 42.9 Å². The van der Waals surface area contributed by atoms with Crippen molar-refractivity contribution in [2.75, 3.05) is 0 Å². The smallest absolute Gasteiger partial charge is 0.545 e. The number of carboxylic acids is 3. The van der Waals surface area contributed by atoms with Crippen molar-refractivity contribution in [2.24, 2.45) is 0 Å². The first-order valence-electron chi connectivity index (χ1n) is 11.9. The number of hydrogen-bond donors (Lipinski definition) is 0. The molecule has 5 rings (SSSR count). The van der Waals surface area contributed by atoms with Crippen LogP contribution >= 0.6 is 0 Å². The molecule has 0 amide bonds. The molecule has 0 heterocycles. The van der Waals surface area contributed by atoms with E-state index < -0.39 is 17.9 Å². The van der Waals surface area contributed by atoms with Gasteiger partial charge < -0.3 is 29.7 Å². The second-order valence-corrected chi connectivity index (χ2v) is 8.16. The molecule has 0 bridgehead atoms. The quantitative estimate of drug-likeness (QED) is 0.338. The molecule has 0 spiro atoms. The van der Waals surface area contributed by atoms with Gasteiger partial charge in [-0.1, -0.05) is 123 Å². The van der Waals surface area contributed by atoms with Crippen LogP contribution in [0.5, 0.6) is 0 Å². The van der Waals surface area contributed by atoms with E-state index in [0.717, 1.165) is 5.92 Å². The summed E-state index contributed by atoms with van der Waals surface area (Å²) < 4.78 is 0. The van der Waals surface area contributed by atoms with Gasteiger partial charge in [-0.05, 0) is 16.7 Å². The van der Waals surface area contributed by atoms with Gasteiger partial charge in [-0.2, -0.15) is 17.7 Å². The summed E-state index contributed by atoms with van der Waals surface area (Å²) in [5.74, 6) is -2.49. The molecular formula is C31H28O6Zr. The summed E-state index contributed by atoms with van der Waals surface area (Å²) in [6, 6.07) is 33.0. The van der Waals surface area contributed by atoms with Gasteiger partial charge >= 0.3 is 26.2 Å². The molecule has 4 aromatic rings. The summed E-state index contributed by atoms with van der Waals surface area (Å²) in [5, 5.41) is 30.3. The predicted octanol–water partition coefficient (Wildman–Crippen LogP) is 3.21. The van der Waals surface area contributed by atoms with Crippen LogP contribution in [0.4, 0.5) is 0 Å². The molecule has 0 atom stereocenters. The third-order valence-corrected chi connectivity index (χ3v) is 5.54. The number of carbonyl (C=O) groups is 3. The molecule has 1 aliphatic rings. The standard InChI is InChI=1S/C10H13.3C7H6O2.Zr/c1-2-6-9(5-1)10-7-3-4-8-10;3*8-7(9)6-4-2-1-3-5-6;/h1-2,5-6,10H,3-4,7-8H2;3*1-5H,(H,8,9);/q-1;;;;+4/p-3. The minimum atomic E-state index is -1.13. The number of aromatic carboxylic acids is 3. The third kappa shape index (κ3) is 12.5. The summed E-state index contributed by atoms with van der Waals surface area (Å²) >= 11 is 0. The molecule has 0 aliphatic heterocycles. The summed E-state index contributed by atoms with van der Waals surface area (Å²) in [6.45, 7) is 0. The fourth-order valence-corrected chi connectivity index (χ4v) is 3.64. The predicted molar refractivity (Wildman–Crippen MR) is 136 cm³/mol. The molecule has 0 N–H and O–H groups in total. The fraction of sp³-hybridized carbons (Fsp3) is 0.161. The first-order valence-corrected chi connectivity index (χ1v) is 11.9. The zero-order valence-electron chi connectivity index (χ0n) is 20.8. The molecule has 7 heteroatoms. The van der Waals surface area contributed by atoms with Crippen LogP contribution in [0, 0.1) is 0 Å². The Balaban J connectivity index is 0.000000252. The van der Waals surface area contributed by atoms with Crippen LogP contribution in [0.3, 0.4) is 0 Å². The van der Waals surface area contributed by atoms with Gasteiger partial charge in [-0.25, -0.2) is 12.1 Å². The van der Waals surface area contributed by atoms with E-state index in [1.807, 2.05) is 0 Å². The zero-order valence-corrected chi connectivity index (χ0v) is 23.3. The van der Waals surface area contributed by atoms with Crippen LogP contribution in [-0.2, 0) is 26.2 Å². The summed E-state index contributed by atoms with van der Waals surface area (Å²) in [7, 11) is 0. The van der Waals surface area contributed by atoms with Gasteiger partial charge in [0.2, 0.25) is 0 Å². The van der Waals surface area contributed by atoms with Crippen molar-refractivity contribution in [1.82, 2.24) is 0 Å². The number of carboxylic acid groups (broad SMARTS) is 3. The van der Waals surface area contributed by atoms with Crippen molar-refractivity contribution in [3.05, 3.63) is 138 Å². The van der Waals surface area contributed by atoms with Crippen LogP contribution in [0.15, 0.2) is 115 Å². The monoisotopic (exact) mass is 586 g/mol. The number of rotatable bonds is 4. The molecule has 1 saturated carbocycles. The second-order valence-electron chi connectivity index (χ2n) is 8.16. The van der Waals surface area contributed by atoms with Gasteiger partial charge in [0.15, 0.2) is 0 Å². The first kappa shape index (κ1) is 32.3. The van der Waals surface area contributed by atoms with E-state index in [1.165, 1.54) is 62.1 Å². The van der Waals surface area contributed by atoms with Crippen molar-refractivity contribution >= 4 is 17.9 Å². The number of hydrogen-bond acceptors (Lipinski definition) is 6. The van der Waals surface area contributed by atoms with Gasteiger partial charge in [0.25, 0.3) is 0 Å². The van der Waals surface area contributed by atoms with E-state index in [4.69, 9.17) is 0 Å². The normalized spacial score (nSPS) is 11.6. The maximum atomic E-state index is 10.1. The summed E-state index contributed by atoms with van der Waals surface area (Å²) in [6.07, 6.45) is 5.72. The third-order valence-electron chi connectivity index (χ3n) is 5.54. The van der Waals surface area contributed by atoms with Crippen LogP contribution in [0.1, 0.15) is 68.2 Å². The maximum Gasteiger partial charge on any atom is 4.00 e. The van der Waals surface area contributed by atoms with Crippen molar-refractivity contribution in [3.8, 4) is 0 Å². The minimum Gasteiger partial charge on any atom is -0.545 e. The first-order chi connectivity index (χ1) is 17.9. The van der Waals surface area contributed by atoms with Crippen molar-refractivity contribution in [3.63, 3.8) is 0 Å². The van der Waals surface area contributed by atoms with Gasteiger partial charge in [0, 0.05) is 0 Å². The Morgan fingerprint density at radius 2 is 0.816 bits per heavy atom. The van der Waals surface area contributed by atoms with Crippen molar-refractivity contribution in [1.29, 1.82) is 0 Å². The second kappa shape index (κ2) is 18.5. The average Bonchev–Trinajstić information content (AvgIpc) is 3.66. The topological polar surface area (TPSA) is 120 Å². The molecule has 0 unspecified atom stereocenters. The van der Waals surface area contributed by atoms with E-state index in [0.29, 0.717) is 0 Å². The molecule has 0 saturated heterocycles. The minimum absolute atomic E-state index is 0. The largest absolute Gasteiger partial charge is 4.00 e. The fourth-order valence-electron chi connectivity index (χ4n) is 3.64. The van der Waals surface area contributed by atoms with E-state index in [1.54, 1.807) is 60.2 Å². The zero-order chi connectivity index (χ0) is 26.9. The molecule has 6 nitrogen and oxygen atoms in total. The molecule has 4 aromatic carbocycles. The maximum absolute atomic E-state index is 10.1. The van der Waals surface area contributed by atoms with Crippen molar-refractivity contribution < 1.29 is 55.9 Å². The Labute approximate surface area is 242 Å². The Morgan fingerprint density at radius 1 is 0.526 bits per heavy atom. The molecular weight excluding hydrogens is 560 g/mol. The number of benzene rings is 3. The Hall–Kier alpha value is -3.70. The van der Waals surface area contributed by atoms with Gasteiger partial charge in [0.1, 0.15) is 0 Å². The van der Waals surface area contributed by atoms with Crippen LogP contribution < -0.4 is 15.3 Å². The van der Waals surface area contributed by atoms with Crippen molar-refractivity contribution in [2.45, 2.75) is 31.6 Å². The Morgan fingerprint density at radius 3 is 1.05 bits per heavy atom. The SMILES string of the molecule is O=C([O-])c1ccccc1.O=C([O-])c1ccccc1.O=C([O-])c1ccccc1.[Zr+4].c1cc[c-](C2CCCC2)c1. The Kier molecular flexibility index (Phi) is 15.8. The Bertz CT molecular complexity index is 1070. The molecule has 0 aromatic heterocycles. The summed E-state index contributed by atoms with van der Waals surface area (Å²) in [5.41, 5.74) is 2.23. The molecule has 38 heavy (non-hydrogen) atoms. The van der Waals surface area contributed by atoms with E-state index in [9.17, 15) is 29.7 Å². The number of carbonyl (C=O) groups excluding carboxylic acids is 3.